The molecule has 3 saturated heterocycles. The fourth-order valence-corrected chi connectivity index (χ4v) is 5.86. The Bertz CT molecular complexity index is 989. The molecule has 3 fully saturated rings. The Morgan fingerprint density at radius 1 is 1.12 bits per heavy atom. The normalized spacial score (nSPS) is 25.1. The fraction of sp³-hybridized carbons (Fsp3) is 0.545. The van der Waals surface area contributed by atoms with E-state index in [2.05, 4.69) is 20.1 Å². The number of alkyl halides is 3. The first-order chi connectivity index (χ1) is 15.4. The van der Waals surface area contributed by atoms with E-state index in [1.54, 1.807) is 18.0 Å². The first kappa shape index (κ1) is 21.8. The highest BCUT2D eigenvalue weighted by Gasteiger charge is 2.37. The molecule has 172 valence electrons. The van der Waals surface area contributed by atoms with Gasteiger partial charge in [0.05, 0.1) is 23.0 Å². The molecule has 1 aromatic heterocycles. The monoisotopic (exact) mass is 465 g/mol. The minimum Gasteiger partial charge on any atom is -0.368 e. The van der Waals surface area contributed by atoms with Crippen LogP contribution < -0.4 is 10.2 Å². The zero-order valence-corrected chi connectivity index (χ0v) is 18.5. The van der Waals surface area contributed by atoms with Gasteiger partial charge in [-0.2, -0.15) is 13.2 Å². The summed E-state index contributed by atoms with van der Waals surface area (Å²) in [6.45, 7) is 4.95. The summed E-state index contributed by atoms with van der Waals surface area (Å²) in [6, 6.07) is 5.90. The van der Waals surface area contributed by atoms with Gasteiger partial charge in [0.15, 0.2) is 0 Å². The summed E-state index contributed by atoms with van der Waals surface area (Å²) in [4.78, 5) is 23.4. The van der Waals surface area contributed by atoms with Crippen molar-refractivity contribution in [2.45, 2.75) is 24.7 Å². The molecule has 3 aliphatic heterocycles. The Morgan fingerprint density at radius 3 is 2.66 bits per heavy atom. The van der Waals surface area contributed by atoms with Crippen molar-refractivity contribution in [2.75, 3.05) is 55.8 Å². The lowest BCUT2D eigenvalue weighted by atomic mass is 10.1. The summed E-state index contributed by atoms with van der Waals surface area (Å²) in [7, 11) is 0. The number of pyridine rings is 1. The number of hydrogen-bond donors (Lipinski definition) is 1. The molecule has 0 saturated carbocycles. The zero-order valence-electron chi connectivity index (χ0n) is 17.6. The standard InChI is InChI=1S/C22H26F3N5OS/c23-22(24,25)15-1-2-17-18(11-15)26-4-3-20(17)29-7-5-28(6-8-29)16-12-19(27-13-16)21(31)30-9-10-32-14-30/h1-4,11,16,19,27H,5-10,12-14H2/t16-,19-/m0/s1. The molecule has 2 atom stereocenters. The van der Waals surface area contributed by atoms with Crippen LogP contribution in [-0.4, -0.2) is 83.7 Å². The van der Waals surface area contributed by atoms with Crippen LogP contribution in [0.15, 0.2) is 30.5 Å². The van der Waals surface area contributed by atoms with Crippen LogP contribution in [0.3, 0.4) is 0 Å². The van der Waals surface area contributed by atoms with Gasteiger partial charge < -0.3 is 15.1 Å². The van der Waals surface area contributed by atoms with Crippen molar-refractivity contribution in [2.24, 2.45) is 0 Å². The number of anilines is 1. The molecule has 10 heteroatoms. The van der Waals surface area contributed by atoms with Crippen molar-refractivity contribution in [1.29, 1.82) is 0 Å². The van der Waals surface area contributed by atoms with E-state index >= 15 is 0 Å². The number of fused-ring (bicyclic) bond motifs is 1. The van der Waals surface area contributed by atoms with Crippen molar-refractivity contribution in [3.63, 3.8) is 0 Å². The van der Waals surface area contributed by atoms with Crippen molar-refractivity contribution in [3.05, 3.63) is 36.0 Å². The van der Waals surface area contributed by atoms with Gasteiger partial charge in [-0.15, -0.1) is 11.8 Å². The first-order valence-electron chi connectivity index (χ1n) is 10.9. The third-order valence-corrected chi connectivity index (χ3v) is 7.65. The van der Waals surface area contributed by atoms with Gasteiger partial charge in [-0.3, -0.25) is 14.7 Å². The predicted molar refractivity (Wildman–Crippen MR) is 120 cm³/mol. The van der Waals surface area contributed by atoms with E-state index in [1.807, 2.05) is 11.0 Å². The minimum absolute atomic E-state index is 0.0938. The second kappa shape index (κ2) is 8.72. The van der Waals surface area contributed by atoms with Crippen LogP contribution in [0, 0.1) is 0 Å². The molecule has 3 aliphatic rings. The molecule has 0 radical (unpaired) electrons. The van der Waals surface area contributed by atoms with Crippen LogP contribution in [0.1, 0.15) is 12.0 Å². The van der Waals surface area contributed by atoms with Gasteiger partial charge in [-0.05, 0) is 24.6 Å². The number of rotatable bonds is 3. The topological polar surface area (TPSA) is 51.7 Å². The van der Waals surface area contributed by atoms with E-state index < -0.39 is 11.7 Å². The van der Waals surface area contributed by atoms with Gasteiger partial charge in [0.25, 0.3) is 0 Å². The molecule has 0 bridgehead atoms. The summed E-state index contributed by atoms with van der Waals surface area (Å²) in [5, 5.41) is 4.15. The molecular formula is C22H26F3N5OS. The van der Waals surface area contributed by atoms with Gasteiger partial charge in [-0.25, -0.2) is 0 Å². The molecule has 4 heterocycles. The van der Waals surface area contributed by atoms with Crippen LogP contribution in [0.5, 0.6) is 0 Å². The number of nitrogens with zero attached hydrogens (tertiary/aromatic N) is 4. The highest BCUT2D eigenvalue weighted by Crippen LogP contribution is 2.34. The van der Waals surface area contributed by atoms with Crippen molar-refractivity contribution < 1.29 is 18.0 Å². The Kier molecular flexibility index (Phi) is 5.94. The van der Waals surface area contributed by atoms with E-state index in [-0.39, 0.29) is 11.9 Å². The number of amides is 1. The van der Waals surface area contributed by atoms with Gasteiger partial charge in [-0.1, -0.05) is 6.07 Å². The number of aromatic nitrogens is 1. The second-order valence-corrected chi connectivity index (χ2v) is 9.65. The molecule has 1 N–H and O–H groups in total. The number of hydrogen-bond acceptors (Lipinski definition) is 6. The minimum atomic E-state index is -4.38. The summed E-state index contributed by atoms with van der Waals surface area (Å²) in [5.74, 6) is 2.04. The molecule has 1 amide bonds. The number of benzene rings is 1. The average molecular weight is 466 g/mol. The lowest BCUT2D eigenvalue weighted by molar-refractivity contribution is -0.137. The Balaban J connectivity index is 1.22. The van der Waals surface area contributed by atoms with E-state index in [9.17, 15) is 18.0 Å². The summed E-state index contributed by atoms with van der Waals surface area (Å²) < 4.78 is 39.2. The van der Waals surface area contributed by atoms with E-state index in [0.717, 1.165) is 80.5 Å². The number of thioether (sulfide) groups is 1. The number of carbonyl (C=O) groups is 1. The SMILES string of the molecule is O=C([C@@H]1C[C@H](N2CCN(c3ccnc4cc(C(F)(F)F)ccc34)CC2)CN1)N1CCSC1. The van der Waals surface area contributed by atoms with Crippen molar-refractivity contribution in [3.8, 4) is 0 Å². The molecular weight excluding hydrogens is 439 g/mol. The lowest BCUT2D eigenvalue weighted by Gasteiger charge is -2.39. The number of piperazine rings is 1. The maximum Gasteiger partial charge on any atom is 0.416 e. The maximum absolute atomic E-state index is 13.1. The lowest BCUT2D eigenvalue weighted by Crippen LogP contribution is -2.51. The Hall–Kier alpha value is -2.04. The largest absolute Gasteiger partial charge is 0.416 e. The highest BCUT2D eigenvalue weighted by atomic mass is 32.2. The predicted octanol–water partition coefficient (Wildman–Crippen LogP) is 2.64. The molecule has 0 unspecified atom stereocenters. The Labute approximate surface area is 189 Å². The van der Waals surface area contributed by atoms with Crippen LogP contribution >= 0.6 is 11.8 Å². The highest BCUT2D eigenvalue weighted by molar-refractivity contribution is 7.99. The summed E-state index contributed by atoms with van der Waals surface area (Å²) in [6.07, 6.45) is -1.96. The summed E-state index contributed by atoms with van der Waals surface area (Å²) >= 11 is 1.80. The van der Waals surface area contributed by atoms with E-state index in [4.69, 9.17) is 0 Å². The first-order valence-corrected chi connectivity index (χ1v) is 12.1. The molecule has 1 aromatic carbocycles. The van der Waals surface area contributed by atoms with Gasteiger partial charge >= 0.3 is 6.18 Å². The van der Waals surface area contributed by atoms with Crippen LogP contribution in [0.4, 0.5) is 18.9 Å². The smallest absolute Gasteiger partial charge is 0.368 e. The maximum atomic E-state index is 13.1. The Morgan fingerprint density at radius 2 is 1.94 bits per heavy atom. The third-order valence-electron chi connectivity index (χ3n) is 6.69. The van der Waals surface area contributed by atoms with E-state index in [1.165, 1.54) is 6.07 Å². The molecule has 0 spiro atoms. The molecule has 5 rings (SSSR count). The summed E-state index contributed by atoms with van der Waals surface area (Å²) in [5.41, 5.74) is 0.610. The molecule has 2 aromatic rings. The molecule has 0 aliphatic carbocycles. The van der Waals surface area contributed by atoms with Crippen molar-refractivity contribution in [1.82, 2.24) is 20.1 Å². The number of nitrogens with one attached hydrogen (secondary N) is 1. The quantitative estimate of drug-likeness (QED) is 0.752. The van der Waals surface area contributed by atoms with Crippen LogP contribution in [-0.2, 0) is 11.0 Å². The average Bonchev–Trinajstić information content (AvgIpc) is 3.50. The van der Waals surface area contributed by atoms with Crippen molar-refractivity contribution >= 4 is 34.3 Å². The van der Waals surface area contributed by atoms with Crippen LogP contribution in [0.2, 0.25) is 0 Å². The van der Waals surface area contributed by atoms with Crippen LogP contribution in [0.25, 0.3) is 10.9 Å². The van der Waals surface area contributed by atoms with Gasteiger partial charge in [0.2, 0.25) is 5.91 Å². The zero-order chi connectivity index (χ0) is 22.3. The van der Waals surface area contributed by atoms with E-state index in [0.29, 0.717) is 11.6 Å². The molecule has 32 heavy (non-hydrogen) atoms. The fourth-order valence-electron chi connectivity index (χ4n) is 4.90. The molecule has 6 nitrogen and oxygen atoms in total. The number of halogens is 3. The third kappa shape index (κ3) is 4.27. The van der Waals surface area contributed by atoms with Gasteiger partial charge in [0.1, 0.15) is 0 Å². The second-order valence-electron chi connectivity index (χ2n) is 8.57. The van der Waals surface area contributed by atoms with Gasteiger partial charge in [0, 0.05) is 68.3 Å². The number of carbonyl (C=O) groups excluding carboxylic acids is 1.